The van der Waals surface area contributed by atoms with E-state index in [1.165, 1.54) is 11.1 Å². The van der Waals surface area contributed by atoms with E-state index in [1.54, 1.807) is 6.07 Å². The number of hydrogen-bond acceptors (Lipinski definition) is 5. The molecule has 1 aliphatic rings. The minimum absolute atomic E-state index is 0.0662. The van der Waals surface area contributed by atoms with Crippen molar-refractivity contribution >= 4 is 17.5 Å². The number of nitrogens with one attached hydrogen (secondary N) is 2. The molecule has 2 amide bonds. The molecule has 1 aromatic rings. The van der Waals surface area contributed by atoms with E-state index in [0.717, 1.165) is 12.1 Å². The molecule has 2 rings (SSSR count). The topological polar surface area (TPSA) is 100 Å². The van der Waals surface area contributed by atoms with Crippen LogP contribution in [-0.2, 0) is 4.79 Å². The molecular weight excluding hydrogens is 246 g/mol. The van der Waals surface area contributed by atoms with Gasteiger partial charge < -0.3 is 15.6 Å². The first kappa shape index (κ1) is 13.3. The van der Waals surface area contributed by atoms with Crippen LogP contribution in [0.5, 0.6) is 0 Å². The lowest BCUT2D eigenvalue weighted by atomic mass is 10.2. The number of nitrogens with two attached hydrogens (primary N) is 1. The molecule has 2 heterocycles. The second-order valence-corrected chi connectivity index (χ2v) is 4.45. The van der Waals surface area contributed by atoms with E-state index in [9.17, 15) is 9.59 Å². The number of hydrazine groups is 1. The Morgan fingerprint density at radius 2 is 2.37 bits per heavy atom. The second kappa shape index (κ2) is 5.66. The maximum absolute atomic E-state index is 12.4. The first-order chi connectivity index (χ1) is 9.11. The smallest absolute Gasteiger partial charge is 0.258 e. The zero-order valence-electron chi connectivity index (χ0n) is 10.8. The minimum atomic E-state index is -0.238. The van der Waals surface area contributed by atoms with Gasteiger partial charge in [0.05, 0.1) is 17.8 Å². The van der Waals surface area contributed by atoms with Gasteiger partial charge in [-0.15, -0.1) is 0 Å². The number of pyridine rings is 1. The molecule has 1 fully saturated rings. The monoisotopic (exact) mass is 263 g/mol. The van der Waals surface area contributed by atoms with E-state index in [2.05, 4.69) is 15.7 Å². The fourth-order valence-electron chi connectivity index (χ4n) is 2.00. The summed E-state index contributed by atoms with van der Waals surface area (Å²) in [7, 11) is 0. The van der Waals surface area contributed by atoms with Crippen LogP contribution in [0.4, 0.5) is 5.69 Å². The highest BCUT2D eigenvalue weighted by molar-refractivity contribution is 6.01. The summed E-state index contributed by atoms with van der Waals surface area (Å²) in [5, 5.41) is 2.73. The van der Waals surface area contributed by atoms with Crippen molar-refractivity contribution in [2.75, 3.05) is 25.1 Å². The Bertz CT molecular complexity index is 503. The lowest BCUT2D eigenvalue weighted by Crippen LogP contribution is -2.37. The molecule has 19 heavy (non-hydrogen) atoms. The summed E-state index contributed by atoms with van der Waals surface area (Å²) in [6, 6.07) is 1.70. The molecule has 7 heteroatoms. The Morgan fingerprint density at radius 3 is 3.11 bits per heavy atom. The molecule has 1 aliphatic heterocycles. The molecule has 4 N–H and O–H groups in total. The summed E-state index contributed by atoms with van der Waals surface area (Å²) >= 11 is 0. The maximum atomic E-state index is 12.4. The highest BCUT2D eigenvalue weighted by atomic mass is 16.2. The van der Waals surface area contributed by atoms with Crippen LogP contribution in [0, 0.1) is 6.92 Å². The summed E-state index contributed by atoms with van der Waals surface area (Å²) in [4.78, 5) is 29.5. The Kier molecular flexibility index (Phi) is 3.96. The molecule has 0 atom stereocenters. The molecule has 1 aromatic heterocycles. The van der Waals surface area contributed by atoms with Crippen LogP contribution in [0.15, 0.2) is 12.3 Å². The van der Waals surface area contributed by atoms with Crippen LogP contribution in [0.1, 0.15) is 22.5 Å². The predicted octanol–water partition coefficient (Wildman–Crippen LogP) is -0.362. The van der Waals surface area contributed by atoms with E-state index in [0.29, 0.717) is 24.3 Å². The zero-order valence-corrected chi connectivity index (χ0v) is 10.8. The molecule has 0 spiro atoms. The van der Waals surface area contributed by atoms with Crippen molar-refractivity contribution in [1.82, 2.24) is 15.2 Å². The first-order valence-electron chi connectivity index (χ1n) is 6.11. The van der Waals surface area contributed by atoms with Crippen LogP contribution in [0.3, 0.4) is 0 Å². The molecule has 0 aromatic carbocycles. The van der Waals surface area contributed by atoms with Crippen molar-refractivity contribution in [2.24, 2.45) is 5.84 Å². The van der Waals surface area contributed by atoms with Crippen molar-refractivity contribution in [1.29, 1.82) is 0 Å². The Labute approximate surface area is 111 Å². The molecule has 0 bridgehead atoms. The second-order valence-electron chi connectivity index (χ2n) is 4.45. The molecule has 0 aliphatic carbocycles. The third-order valence-electron chi connectivity index (χ3n) is 2.98. The van der Waals surface area contributed by atoms with E-state index in [1.807, 2.05) is 6.92 Å². The van der Waals surface area contributed by atoms with Gasteiger partial charge in [-0.1, -0.05) is 0 Å². The van der Waals surface area contributed by atoms with Crippen LogP contribution in [0.2, 0.25) is 0 Å². The number of anilines is 1. The van der Waals surface area contributed by atoms with Gasteiger partial charge in [-0.2, -0.15) is 0 Å². The molecule has 0 unspecified atom stereocenters. The van der Waals surface area contributed by atoms with Gasteiger partial charge in [0.2, 0.25) is 5.91 Å². The highest BCUT2D eigenvalue weighted by Crippen LogP contribution is 2.17. The van der Waals surface area contributed by atoms with E-state index >= 15 is 0 Å². The van der Waals surface area contributed by atoms with Crippen LogP contribution in [0.25, 0.3) is 0 Å². The Balaban J connectivity index is 2.25. The van der Waals surface area contributed by atoms with Crippen molar-refractivity contribution in [3.05, 3.63) is 23.5 Å². The predicted molar refractivity (Wildman–Crippen MR) is 70.3 cm³/mol. The Morgan fingerprint density at radius 1 is 1.58 bits per heavy atom. The molecule has 7 nitrogen and oxygen atoms in total. The van der Waals surface area contributed by atoms with Gasteiger partial charge in [0.15, 0.2) is 0 Å². The number of aromatic nitrogens is 1. The van der Waals surface area contributed by atoms with Gasteiger partial charge in [-0.3, -0.25) is 20.4 Å². The summed E-state index contributed by atoms with van der Waals surface area (Å²) < 4.78 is 0. The number of rotatable bonds is 2. The number of hydrogen-bond donors (Lipinski definition) is 3. The number of nitrogens with zero attached hydrogens (tertiary/aromatic N) is 2. The highest BCUT2D eigenvalue weighted by Gasteiger charge is 2.23. The fourth-order valence-corrected chi connectivity index (χ4v) is 2.00. The van der Waals surface area contributed by atoms with E-state index in [4.69, 9.17) is 5.84 Å². The lowest BCUT2D eigenvalue weighted by molar-refractivity contribution is -0.121. The van der Waals surface area contributed by atoms with Crippen LogP contribution >= 0.6 is 0 Å². The molecule has 1 saturated heterocycles. The van der Waals surface area contributed by atoms with Crippen LogP contribution < -0.4 is 16.6 Å². The zero-order chi connectivity index (χ0) is 13.8. The van der Waals surface area contributed by atoms with Crippen molar-refractivity contribution in [3.8, 4) is 0 Å². The standard InChI is InChI=1S/C12H17N5O2/c1-8-5-10(16-13)9(6-15-8)12(19)17-4-2-3-14-11(18)7-17/h5-6H,2-4,7,13H2,1H3,(H,14,18)(H,15,16). The van der Waals surface area contributed by atoms with Gasteiger partial charge in [0.25, 0.3) is 5.91 Å². The Hall–Kier alpha value is -2.15. The van der Waals surface area contributed by atoms with E-state index in [-0.39, 0.29) is 18.4 Å². The lowest BCUT2D eigenvalue weighted by Gasteiger charge is -2.20. The van der Waals surface area contributed by atoms with Crippen molar-refractivity contribution < 1.29 is 9.59 Å². The number of carbonyl (C=O) groups excluding carboxylic acids is 2. The SMILES string of the molecule is Cc1cc(NN)c(C(=O)N2CCCNC(=O)C2)cn1. The number of amides is 2. The average Bonchev–Trinajstić information content (AvgIpc) is 2.62. The van der Waals surface area contributed by atoms with Crippen molar-refractivity contribution in [3.63, 3.8) is 0 Å². The van der Waals surface area contributed by atoms with Gasteiger partial charge in [0, 0.05) is 25.0 Å². The van der Waals surface area contributed by atoms with Crippen molar-refractivity contribution in [2.45, 2.75) is 13.3 Å². The minimum Gasteiger partial charge on any atom is -0.354 e. The fraction of sp³-hybridized carbons (Fsp3) is 0.417. The van der Waals surface area contributed by atoms with Gasteiger partial charge >= 0.3 is 0 Å². The third-order valence-corrected chi connectivity index (χ3v) is 2.98. The van der Waals surface area contributed by atoms with Crippen LogP contribution in [-0.4, -0.2) is 41.3 Å². The quantitative estimate of drug-likeness (QED) is 0.499. The molecule has 0 saturated carbocycles. The largest absolute Gasteiger partial charge is 0.354 e. The van der Waals surface area contributed by atoms with Gasteiger partial charge in [-0.05, 0) is 19.4 Å². The number of aryl methyl sites for hydroxylation is 1. The number of nitrogen functional groups attached to an aromatic ring is 1. The number of carbonyl (C=O) groups is 2. The first-order valence-corrected chi connectivity index (χ1v) is 6.11. The third kappa shape index (κ3) is 3.00. The summed E-state index contributed by atoms with van der Waals surface area (Å²) in [5.41, 5.74) is 4.15. The van der Waals surface area contributed by atoms with Gasteiger partial charge in [0.1, 0.15) is 0 Å². The molecular formula is C12H17N5O2. The molecule has 0 radical (unpaired) electrons. The summed E-state index contributed by atoms with van der Waals surface area (Å²) in [5.74, 6) is 5.03. The van der Waals surface area contributed by atoms with Gasteiger partial charge in [-0.25, -0.2) is 0 Å². The summed E-state index contributed by atoms with van der Waals surface area (Å²) in [6.07, 6.45) is 2.22. The molecule has 102 valence electrons. The summed E-state index contributed by atoms with van der Waals surface area (Å²) in [6.45, 7) is 3.01. The average molecular weight is 263 g/mol. The van der Waals surface area contributed by atoms with E-state index < -0.39 is 0 Å². The normalized spacial score (nSPS) is 15.7. The maximum Gasteiger partial charge on any atom is 0.258 e.